The van der Waals surface area contributed by atoms with Crippen molar-refractivity contribution >= 4 is 0 Å². The minimum Gasteiger partial charge on any atom is -0.0654 e. The van der Waals surface area contributed by atoms with Crippen molar-refractivity contribution in [2.75, 3.05) is 0 Å². The average Bonchev–Trinajstić information content (AvgIpc) is 3.40. The Bertz CT molecular complexity index is 1590. The Hall–Kier alpha value is -3.90. The number of fused-ring (bicyclic) bond motifs is 10. The van der Waals surface area contributed by atoms with Crippen molar-refractivity contribution in [2.24, 2.45) is 0 Å². The molecule has 174 valence electrons. The van der Waals surface area contributed by atoms with E-state index in [4.69, 9.17) is 0 Å². The third-order valence-corrected chi connectivity index (χ3v) is 8.53. The van der Waals surface area contributed by atoms with Gasteiger partial charge in [-0.3, -0.25) is 0 Å². The van der Waals surface area contributed by atoms with E-state index in [0.29, 0.717) is 0 Å². The molecule has 1 spiro atoms. The van der Waals surface area contributed by atoms with Crippen LogP contribution in [0.15, 0.2) is 109 Å². The summed E-state index contributed by atoms with van der Waals surface area (Å²) in [6, 6.07) is 41.0. The molecule has 5 aromatic carbocycles. The lowest BCUT2D eigenvalue weighted by Crippen LogP contribution is -2.25. The van der Waals surface area contributed by atoms with Gasteiger partial charge in [-0.25, -0.2) is 0 Å². The van der Waals surface area contributed by atoms with Gasteiger partial charge < -0.3 is 0 Å². The number of aryl methyl sites for hydroxylation is 1. The molecular weight excluding hydrogens is 432 g/mol. The van der Waals surface area contributed by atoms with Crippen LogP contribution in [0.2, 0.25) is 0 Å². The molecule has 0 heterocycles. The van der Waals surface area contributed by atoms with Gasteiger partial charge in [0, 0.05) is 0 Å². The van der Waals surface area contributed by atoms with E-state index in [2.05, 4.69) is 123 Å². The third-order valence-electron chi connectivity index (χ3n) is 8.53. The number of rotatable bonds is 4. The van der Waals surface area contributed by atoms with Crippen molar-refractivity contribution in [3.8, 4) is 33.4 Å². The number of benzene rings is 5. The Kier molecular flexibility index (Phi) is 4.79. The summed E-state index contributed by atoms with van der Waals surface area (Å²) in [6.45, 7) is 4.62. The summed E-state index contributed by atoms with van der Waals surface area (Å²) in [5, 5.41) is 0. The molecule has 7 rings (SSSR count). The van der Waals surface area contributed by atoms with Crippen LogP contribution in [0.1, 0.15) is 53.1 Å². The molecule has 0 saturated carbocycles. The van der Waals surface area contributed by atoms with Crippen LogP contribution in [0.25, 0.3) is 33.4 Å². The lowest BCUT2D eigenvalue weighted by atomic mass is 9.70. The van der Waals surface area contributed by atoms with Crippen LogP contribution in [-0.2, 0) is 11.8 Å². The van der Waals surface area contributed by atoms with E-state index >= 15 is 0 Å². The van der Waals surface area contributed by atoms with Crippen molar-refractivity contribution in [1.29, 1.82) is 0 Å². The van der Waals surface area contributed by atoms with E-state index in [9.17, 15) is 0 Å². The third kappa shape index (κ3) is 2.70. The second-order valence-corrected chi connectivity index (χ2v) is 10.3. The fourth-order valence-corrected chi connectivity index (χ4v) is 7.02. The molecular formula is C36H30. The van der Waals surface area contributed by atoms with Gasteiger partial charge in [-0.2, -0.15) is 0 Å². The molecule has 36 heavy (non-hydrogen) atoms. The van der Waals surface area contributed by atoms with Gasteiger partial charge in [0.15, 0.2) is 0 Å². The zero-order chi connectivity index (χ0) is 24.3. The van der Waals surface area contributed by atoms with Crippen molar-refractivity contribution in [1.82, 2.24) is 0 Å². The minimum atomic E-state index is -0.260. The van der Waals surface area contributed by atoms with Crippen LogP contribution in [0.5, 0.6) is 0 Å². The lowest BCUT2D eigenvalue weighted by Gasteiger charge is -2.30. The second-order valence-electron chi connectivity index (χ2n) is 10.3. The average molecular weight is 463 g/mol. The fourth-order valence-electron chi connectivity index (χ4n) is 7.02. The maximum absolute atomic E-state index is 2.44. The quantitative estimate of drug-likeness (QED) is 0.244. The molecule has 0 aliphatic heterocycles. The molecule has 2 aliphatic carbocycles. The van der Waals surface area contributed by atoms with Crippen LogP contribution < -0.4 is 0 Å². The number of unbranched alkanes of at least 4 members (excludes halogenated alkanes) is 1. The van der Waals surface area contributed by atoms with Crippen molar-refractivity contribution in [3.63, 3.8) is 0 Å². The van der Waals surface area contributed by atoms with Gasteiger partial charge in [0.1, 0.15) is 0 Å². The molecule has 0 heteroatoms. The first-order chi connectivity index (χ1) is 17.8. The fraction of sp³-hybridized carbons (Fsp3) is 0.167. The molecule has 0 nitrogen and oxygen atoms in total. The topological polar surface area (TPSA) is 0 Å². The zero-order valence-electron chi connectivity index (χ0n) is 21.0. The van der Waals surface area contributed by atoms with Gasteiger partial charge in [-0.1, -0.05) is 123 Å². The Balaban J connectivity index is 1.56. The molecule has 0 saturated heterocycles. The summed E-state index contributed by atoms with van der Waals surface area (Å²) >= 11 is 0. The van der Waals surface area contributed by atoms with Crippen LogP contribution in [0.3, 0.4) is 0 Å². The molecule has 0 radical (unpaired) electrons. The standard InChI is InChI=1S/C36H30/c1-3-4-13-25-14-5-6-15-27(25)26-22-23-34-35(24(26)2)30-18-9-12-21-33(30)36(34)31-19-10-7-16-28(31)29-17-8-11-20-32(29)36/h5-12,14-23H,3-4,13H2,1-2H3. The van der Waals surface area contributed by atoms with Crippen molar-refractivity contribution in [2.45, 2.75) is 38.5 Å². The number of hydrogen-bond donors (Lipinski definition) is 0. The predicted molar refractivity (Wildman–Crippen MR) is 152 cm³/mol. The van der Waals surface area contributed by atoms with E-state index in [1.807, 2.05) is 0 Å². The molecule has 0 N–H and O–H groups in total. The second kappa shape index (κ2) is 8.07. The molecule has 0 bridgehead atoms. The molecule has 0 aromatic heterocycles. The Labute approximate surface area is 214 Å². The SMILES string of the molecule is CCCCc1ccccc1-c1ccc2c(c1C)-c1ccccc1C21c2ccccc2-c2ccccc21. The molecule has 0 atom stereocenters. The van der Waals surface area contributed by atoms with Gasteiger partial charge >= 0.3 is 0 Å². The van der Waals surface area contributed by atoms with E-state index in [1.165, 1.54) is 79.6 Å². The van der Waals surface area contributed by atoms with Gasteiger partial charge in [0.25, 0.3) is 0 Å². The van der Waals surface area contributed by atoms with Crippen LogP contribution in [-0.4, -0.2) is 0 Å². The normalized spacial score (nSPS) is 13.8. The van der Waals surface area contributed by atoms with Crippen LogP contribution in [0, 0.1) is 6.92 Å². The molecule has 0 unspecified atom stereocenters. The van der Waals surface area contributed by atoms with Gasteiger partial charge in [-0.05, 0) is 86.5 Å². The predicted octanol–water partition coefficient (Wildman–Crippen LogP) is 9.35. The zero-order valence-corrected chi connectivity index (χ0v) is 21.0. The summed E-state index contributed by atoms with van der Waals surface area (Å²) in [5.74, 6) is 0. The first-order valence-electron chi connectivity index (χ1n) is 13.3. The highest BCUT2D eigenvalue weighted by Crippen LogP contribution is 2.63. The maximum Gasteiger partial charge on any atom is 0.0725 e. The number of hydrogen-bond acceptors (Lipinski definition) is 0. The van der Waals surface area contributed by atoms with Gasteiger partial charge in [0.2, 0.25) is 0 Å². The van der Waals surface area contributed by atoms with E-state index < -0.39 is 0 Å². The highest BCUT2D eigenvalue weighted by atomic mass is 14.5. The Morgan fingerprint density at radius 3 is 1.67 bits per heavy atom. The van der Waals surface area contributed by atoms with E-state index in [0.717, 1.165) is 6.42 Å². The molecule has 0 fully saturated rings. The minimum absolute atomic E-state index is 0.260. The van der Waals surface area contributed by atoms with Crippen LogP contribution in [0.4, 0.5) is 0 Å². The molecule has 0 amide bonds. The summed E-state index contributed by atoms with van der Waals surface area (Å²) < 4.78 is 0. The first kappa shape index (κ1) is 21.4. The monoisotopic (exact) mass is 462 g/mol. The highest BCUT2D eigenvalue weighted by Gasteiger charge is 2.51. The van der Waals surface area contributed by atoms with Crippen molar-refractivity contribution < 1.29 is 0 Å². The summed E-state index contributed by atoms with van der Waals surface area (Å²) in [5.41, 5.74) is 16.5. The van der Waals surface area contributed by atoms with Gasteiger partial charge in [-0.15, -0.1) is 0 Å². The van der Waals surface area contributed by atoms with Crippen LogP contribution >= 0.6 is 0 Å². The smallest absolute Gasteiger partial charge is 0.0654 e. The first-order valence-corrected chi connectivity index (χ1v) is 13.3. The Morgan fingerprint density at radius 2 is 1.03 bits per heavy atom. The molecule has 5 aromatic rings. The lowest BCUT2D eigenvalue weighted by molar-refractivity contribution is 0.792. The maximum atomic E-state index is 2.44. The highest BCUT2D eigenvalue weighted by molar-refractivity contribution is 5.97. The summed E-state index contributed by atoms with van der Waals surface area (Å²) in [4.78, 5) is 0. The van der Waals surface area contributed by atoms with E-state index in [-0.39, 0.29) is 5.41 Å². The Morgan fingerprint density at radius 1 is 0.500 bits per heavy atom. The van der Waals surface area contributed by atoms with E-state index in [1.54, 1.807) is 0 Å². The van der Waals surface area contributed by atoms with Gasteiger partial charge in [0.05, 0.1) is 5.41 Å². The molecule has 2 aliphatic rings. The largest absolute Gasteiger partial charge is 0.0725 e. The van der Waals surface area contributed by atoms with Crippen molar-refractivity contribution in [3.05, 3.63) is 143 Å². The summed E-state index contributed by atoms with van der Waals surface area (Å²) in [6.07, 6.45) is 3.57. The summed E-state index contributed by atoms with van der Waals surface area (Å²) in [7, 11) is 0.